The molecule has 0 spiro atoms. The summed E-state index contributed by atoms with van der Waals surface area (Å²) < 4.78 is 1.04. The lowest BCUT2D eigenvalue weighted by atomic mass is 9.94. The summed E-state index contributed by atoms with van der Waals surface area (Å²) in [5.74, 6) is 0.804. The number of nitrogens with zero attached hydrogens (tertiary/aromatic N) is 4. The van der Waals surface area contributed by atoms with E-state index in [0.717, 1.165) is 57.1 Å². The van der Waals surface area contributed by atoms with Gasteiger partial charge < -0.3 is 9.88 Å². The van der Waals surface area contributed by atoms with Crippen molar-refractivity contribution in [2.45, 2.75) is 38.1 Å². The van der Waals surface area contributed by atoms with Crippen molar-refractivity contribution in [3.05, 3.63) is 40.9 Å². The minimum atomic E-state index is 0.804. The van der Waals surface area contributed by atoms with Gasteiger partial charge in [-0.3, -0.25) is 10.00 Å². The van der Waals surface area contributed by atoms with Gasteiger partial charge in [0.05, 0.1) is 16.6 Å². The Morgan fingerprint density at radius 3 is 2.58 bits per heavy atom. The average molecular weight is 479 g/mol. The molecule has 2 N–H and O–H groups in total. The number of halogens is 1. The van der Waals surface area contributed by atoms with Gasteiger partial charge in [-0.05, 0) is 49.2 Å². The Morgan fingerprint density at radius 1 is 0.903 bits per heavy atom. The predicted octanol–water partition coefficient (Wildman–Crippen LogP) is 5.32. The largest absolute Gasteiger partial charge is 0.369 e. The molecule has 0 unspecified atom stereocenters. The first-order chi connectivity index (χ1) is 15.2. The van der Waals surface area contributed by atoms with Crippen LogP contribution in [0.1, 0.15) is 32.1 Å². The number of hydrogen-bond acceptors (Lipinski definition) is 4. The summed E-state index contributed by atoms with van der Waals surface area (Å²) in [6.45, 7) is 4.54. The number of hydrogen-bond donors (Lipinski definition) is 2. The van der Waals surface area contributed by atoms with Crippen LogP contribution in [0.2, 0.25) is 0 Å². The first kappa shape index (κ1) is 19.3. The molecule has 31 heavy (non-hydrogen) atoms. The number of anilines is 1. The molecule has 0 bridgehead atoms. The Labute approximate surface area is 190 Å². The third-order valence-electron chi connectivity index (χ3n) is 6.99. The van der Waals surface area contributed by atoms with Crippen LogP contribution in [-0.2, 0) is 0 Å². The molecule has 1 saturated heterocycles. The maximum atomic E-state index is 4.81. The van der Waals surface area contributed by atoms with Crippen LogP contribution >= 0.6 is 15.9 Å². The van der Waals surface area contributed by atoms with Gasteiger partial charge in [0.2, 0.25) is 0 Å². The molecule has 2 fully saturated rings. The predicted molar refractivity (Wildman–Crippen MR) is 130 cm³/mol. The van der Waals surface area contributed by atoms with E-state index >= 15 is 0 Å². The molecule has 6 nitrogen and oxygen atoms in total. The molecule has 2 aliphatic rings. The zero-order chi connectivity index (χ0) is 20.8. The highest BCUT2D eigenvalue weighted by molar-refractivity contribution is 9.10. The number of piperazine rings is 1. The summed E-state index contributed by atoms with van der Waals surface area (Å²) in [4.78, 5) is 13.6. The van der Waals surface area contributed by atoms with Gasteiger partial charge >= 0.3 is 0 Å². The minimum Gasteiger partial charge on any atom is -0.369 e. The van der Waals surface area contributed by atoms with E-state index in [0.29, 0.717) is 0 Å². The third-order valence-corrected chi connectivity index (χ3v) is 7.48. The summed E-state index contributed by atoms with van der Waals surface area (Å²) in [6.07, 6.45) is 7.02. The zero-order valence-electron chi connectivity index (χ0n) is 17.6. The molecular formula is C24H27BrN6. The average Bonchev–Trinajstić information content (AvgIpc) is 3.42. The van der Waals surface area contributed by atoms with Gasteiger partial charge in [0.25, 0.3) is 0 Å². The molecule has 1 aliphatic carbocycles. The van der Waals surface area contributed by atoms with Gasteiger partial charge in [0.15, 0.2) is 5.82 Å². The standard InChI is InChI=1S/C24H27BrN6/c25-16-6-8-20-19(14-16)23(29-28-20)24-26-21-9-7-18(15-22(21)27-24)31-12-10-30(11-13-31)17-4-2-1-3-5-17/h6-9,14-15,17H,1-5,10-13H2,(H,26,27)(H,28,29). The fourth-order valence-corrected chi connectivity index (χ4v) is 5.63. The maximum absolute atomic E-state index is 4.81. The highest BCUT2D eigenvalue weighted by atomic mass is 79.9. The van der Waals surface area contributed by atoms with E-state index in [-0.39, 0.29) is 0 Å². The number of H-pyrrole nitrogens is 2. The Bertz CT molecular complexity index is 1210. The molecule has 1 saturated carbocycles. The summed E-state index contributed by atoms with van der Waals surface area (Å²) >= 11 is 3.56. The number of fused-ring (bicyclic) bond motifs is 2. The second-order valence-corrected chi connectivity index (χ2v) is 9.78. The van der Waals surface area contributed by atoms with Crippen molar-refractivity contribution >= 4 is 43.6 Å². The molecule has 160 valence electrons. The van der Waals surface area contributed by atoms with E-state index in [1.165, 1.54) is 50.9 Å². The minimum absolute atomic E-state index is 0.804. The Kier molecular flexibility index (Phi) is 4.95. The van der Waals surface area contributed by atoms with Crippen LogP contribution in [0.5, 0.6) is 0 Å². The van der Waals surface area contributed by atoms with Gasteiger partial charge in [-0.15, -0.1) is 0 Å². The summed E-state index contributed by atoms with van der Waals surface area (Å²) in [6, 6.07) is 13.5. The van der Waals surface area contributed by atoms with Crippen molar-refractivity contribution in [3.8, 4) is 11.5 Å². The van der Waals surface area contributed by atoms with Crippen molar-refractivity contribution in [1.29, 1.82) is 0 Å². The molecule has 4 aromatic rings. The van der Waals surface area contributed by atoms with E-state index in [4.69, 9.17) is 4.98 Å². The number of aromatic amines is 2. The van der Waals surface area contributed by atoms with Crippen molar-refractivity contribution in [1.82, 2.24) is 25.1 Å². The number of benzene rings is 2. The number of aromatic nitrogens is 4. The van der Waals surface area contributed by atoms with Crippen LogP contribution in [0, 0.1) is 0 Å². The maximum Gasteiger partial charge on any atom is 0.159 e. The molecule has 3 heterocycles. The Morgan fingerprint density at radius 2 is 1.74 bits per heavy atom. The van der Waals surface area contributed by atoms with E-state index in [1.54, 1.807) is 0 Å². The van der Waals surface area contributed by atoms with Gasteiger partial charge in [0.1, 0.15) is 5.69 Å². The topological polar surface area (TPSA) is 63.8 Å². The van der Waals surface area contributed by atoms with Crippen LogP contribution in [-0.4, -0.2) is 57.3 Å². The lowest BCUT2D eigenvalue weighted by Crippen LogP contribution is -2.50. The van der Waals surface area contributed by atoms with Crippen LogP contribution in [0.4, 0.5) is 5.69 Å². The van der Waals surface area contributed by atoms with Crippen LogP contribution in [0.3, 0.4) is 0 Å². The van der Waals surface area contributed by atoms with Crippen LogP contribution < -0.4 is 4.90 Å². The lowest BCUT2D eigenvalue weighted by Gasteiger charge is -2.41. The van der Waals surface area contributed by atoms with E-state index in [2.05, 4.69) is 65.2 Å². The number of imidazole rings is 1. The van der Waals surface area contributed by atoms with Gasteiger partial charge in [-0.25, -0.2) is 4.98 Å². The molecule has 1 aliphatic heterocycles. The quantitative estimate of drug-likeness (QED) is 0.417. The second kappa shape index (κ2) is 7.95. The first-order valence-electron chi connectivity index (χ1n) is 11.4. The zero-order valence-corrected chi connectivity index (χ0v) is 19.2. The van der Waals surface area contributed by atoms with Gasteiger partial charge in [-0.1, -0.05) is 35.2 Å². The van der Waals surface area contributed by atoms with Crippen LogP contribution in [0.25, 0.3) is 33.5 Å². The third kappa shape index (κ3) is 3.64. The Balaban J connectivity index is 1.23. The summed E-state index contributed by atoms with van der Waals surface area (Å²) in [5.41, 5.74) is 5.19. The highest BCUT2D eigenvalue weighted by Crippen LogP contribution is 2.30. The summed E-state index contributed by atoms with van der Waals surface area (Å²) in [7, 11) is 0. The number of rotatable bonds is 3. The SMILES string of the molecule is Brc1ccc2[nH]nc(-c3nc4ccc(N5CCN(C6CCCCC6)CC5)cc4[nH]3)c2c1. The smallest absolute Gasteiger partial charge is 0.159 e. The fourth-order valence-electron chi connectivity index (χ4n) is 5.26. The van der Waals surface area contributed by atoms with Crippen molar-refractivity contribution in [2.75, 3.05) is 31.1 Å². The van der Waals surface area contributed by atoms with Crippen molar-refractivity contribution in [2.24, 2.45) is 0 Å². The van der Waals surface area contributed by atoms with E-state index in [1.807, 2.05) is 12.1 Å². The summed E-state index contributed by atoms with van der Waals surface area (Å²) in [5, 5.41) is 8.68. The van der Waals surface area contributed by atoms with Crippen LogP contribution in [0.15, 0.2) is 40.9 Å². The molecule has 6 rings (SSSR count). The highest BCUT2D eigenvalue weighted by Gasteiger charge is 2.25. The molecule has 0 atom stereocenters. The van der Waals surface area contributed by atoms with E-state index in [9.17, 15) is 0 Å². The van der Waals surface area contributed by atoms with Gasteiger partial charge in [-0.2, -0.15) is 5.10 Å². The molecular weight excluding hydrogens is 452 g/mol. The number of nitrogens with one attached hydrogen (secondary N) is 2. The Hall–Kier alpha value is -2.38. The molecule has 7 heteroatoms. The fraction of sp³-hybridized carbons (Fsp3) is 0.417. The molecule has 0 radical (unpaired) electrons. The molecule has 2 aromatic heterocycles. The normalized spacial score (nSPS) is 18.9. The van der Waals surface area contributed by atoms with Crippen molar-refractivity contribution in [3.63, 3.8) is 0 Å². The lowest BCUT2D eigenvalue weighted by molar-refractivity contribution is 0.148. The second-order valence-electron chi connectivity index (χ2n) is 8.86. The molecule has 2 aromatic carbocycles. The monoisotopic (exact) mass is 478 g/mol. The van der Waals surface area contributed by atoms with Crippen molar-refractivity contribution < 1.29 is 0 Å². The van der Waals surface area contributed by atoms with Gasteiger partial charge in [0, 0.05) is 47.8 Å². The first-order valence-corrected chi connectivity index (χ1v) is 12.2. The molecule has 0 amide bonds. The van der Waals surface area contributed by atoms with E-state index < -0.39 is 0 Å².